The molecule has 1 aromatic carbocycles. The standard InChI is InChI=1S/C14H9F3N2OS2/c15-14(16,17)9-4-2-1-3-8(9)7-19-12(20)11-10(5-6-22-11)18-13(19)21/h1-6H,7H2,(H,18,21). The lowest BCUT2D eigenvalue weighted by atomic mass is 10.1. The third kappa shape index (κ3) is 2.59. The molecular formula is C14H9F3N2OS2. The normalized spacial score (nSPS) is 12.0. The predicted octanol–water partition coefficient (Wildman–Crippen LogP) is 4.19. The summed E-state index contributed by atoms with van der Waals surface area (Å²) in [7, 11) is 0. The van der Waals surface area contributed by atoms with Gasteiger partial charge in [0.05, 0.1) is 17.6 Å². The number of alkyl halides is 3. The molecule has 0 amide bonds. The molecule has 0 aliphatic carbocycles. The highest BCUT2D eigenvalue weighted by Gasteiger charge is 2.33. The quantitative estimate of drug-likeness (QED) is 0.709. The number of nitrogens with zero attached hydrogens (tertiary/aromatic N) is 1. The molecule has 3 nitrogen and oxygen atoms in total. The molecule has 0 spiro atoms. The number of rotatable bonds is 2. The monoisotopic (exact) mass is 342 g/mol. The van der Waals surface area contributed by atoms with Gasteiger partial charge in [-0.2, -0.15) is 13.2 Å². The molecule has 3 aromatic rings. The zero-order valence-electron chi connectivity index (χ0n) is 11.0. The van der Waals surface area contributed by atoms with Crippen molar-refractivity contribution < 1.29 is 13.2 Å². The van der Waals surface area contributed by atoms with Crippen LogP contribution in [0.15, 0.2) is 40.5 Å². The van der Waals surface area contributed by atoms with Gasteiger partial charge in [-0.05, 0) is 35.3 Å². The molecule has 0 saturated carbocycles. The molecule has 0 fully saturated rings. The number of fused-ring (bicyclic) bond motifs is 1. The molecule has 2 heterocycles. The highest BCUT2D eigenvalue weighted by molar-refractivity contribution is 7.71. The Morgan fingerprint density at radius 1 is 1.23 bits per heavy atom. The summed E-state index contributed by atoms with van der Waals surface area (Å²) < 4.78 is 40.8. The molecular weight excluding hydrogens is 333 g/mol. The van der Waals surface area contributed by atoms with E-state index in [0.29, 0.717) is 10.2 Å². The van der Waals surface area contributed by atoms with Crippen molar-refractivity contribution in [3.05, 3.63) is 62.0 Å². The van der Waals surface area contributed by atoms with Crippen molar-refractivity contribution >= 4 is 33.8 Å². The molecule has 0 bridgehead atoms. The zero-order chi connectivity index (χ0) is 15.9. The summed E-state index contributed by atoms with van der Waals surface area (Å²) in [6, 6.07) is 6.88. The summed E-state index contributed by atoms with van der Waals surface area (Å²) >= 11 is 6.32. The van der Waals surface area contributed by atoms with Gasteiger partial charge in [0.2, 0.25) is 0 Å². The number of H-pyrrole nitrogens is 1. The number of halogens is 3. The molecule has 8 heteroatoms. The fourth-order valence-electron chi connectivity index (χ4n) is 2.22. The zero-order valence-corrected chi connectivity index (χ0v) is 12.6. The molecule has 0 radical (unpaired) electrons. The van der Waals surface area contributed by atoms with E-state index in [4.69, 9.17) is 12.2 Å². The van der Waals surface area contributed by atoms with Crippen LogP contribution < -0.4 is 5.56 Å². The van der Waals surface area contributed by atoms with E-state index in [1.54, 1.807) is 11.4 Å². The van der Waals surface area contributed by atoms with Crippen LogP contribution in [0.5, 0.6) is 0 Å². The van der Waals surface area contributed by atoms with Gasteiger partial charge in [-0.3, -0.25) is 9.36 Å². The van der Waals surface area contributed by atoms with Crippen LogP contribution >= 0.6 is 23.6 Å². The lowest BCUT2D eigenvalue weighted by Gasteiger charge is -2.13. The first-order valence-electron chi connectivity index (χ1n) is 6.23. The molecule has 0 aliphatic rings. The number of benzene rings is 1. The van der Waals surface area contributed by atoms with Crippen LogP contribution in [0.25, 0.3) is 10.2 Å². The van der Waals surface area contributed by atoms with Gasteiger partial charge in [0.15, 0.2) is 4.77 Å². The first-order valence-corrected chi connectivity index (χ1v) is 7.52. The number of aromatic nitrogens is 2. The number of hydrogen-bond donors (Lipinski definition) is 1. The fraction of sp³-hybridized carbons (Fsp3) is 0.143. The van der Waals surface area contributed by atoms with Crippen molar-refractivity contribution in [3.63, 3.8) is 0 Å². The molecule has 1 N–H and O–H groups in total. The lowest BCUT2D eigenvalue weighted by Crippen LogP contribution is -2.23. The predicted molar refractivity (Wildman–Crippen MR) is 81.8 cm³/mol. The Hall–Kier alpha value is -1.93. The second-order valence-electron chi connectivity index (χ2n) is 4.64. The van der Waals surface area contributed by atoms with Gasteiger partial charge in [-0.1, -0.05) is 18.2 Å². The van der Waals surface area contributed by atoms with Crippen LogP contribution in [0.3, 0.4) is 0 Å². The highest BCUT2D eigenvalue weighted by Crippen LogP contribution is 2.32. The molecule has 0 aliphatic heterocycles. The maximum Gasteiger partial charge on any atom is 0.416 e. The second kappa shape index (κ2) is 5.36. The van der Waals surface area contributed by atoms with Crippen LogP contribution in [0.1, 0.15) is 11.1 Å². The van der Waals surface area contributed by atoms with Gasteiger partial charge in [-0.15, -0.1) is 11.3 Å². The van der Waals surface area contributed by atoms with Crippen LogP contribution in [0.4, 0.5) is 13.2 Å². The number of thiophene rings is 1. The first-order chi connectivity index (χ1) is 10.4. The largest absolute Gasteiger partial charge is 0.416 e. The first kappa shape index (κ1) is 15.0. The van der Waals surface area contributed by atoms with E-state index in [2.05, 4.69) is 4.98 Å². The van der Waals surface area contributed by atoms with Crippen molar-refractivity contribution in [3.8, 4) is 0 Å². The molecule has 114 valence electrons. The van der Waals surface area contributed by atoms with Gasteiger partial charge >= 0.3 is 6.18 Å². The van der Waals surface area contributed by atoms with Crippen LogP contribution in [-0.2, 0) is 12.7 Å². The van der Waals surface area contributed by atoms with E-state index in [-0.39, 0.29) is 22.4 Å². The van der Waals surface area contributed by atoms with Gasteiger partial charge in [0.25, 0.3) is 5.56 Å². The topological polar surface area (TPSA) is 37.8 Å². The summed E-state index contributed by atoms with van der Waals surface area (Å²) in [5.41, 5.74) is -0.541. The number of aromatic amines is 1. The van der Waals surface area contributed by atoms with E-state index in [9.17, 15) is 18.0 Å². The lowest BCUT2D eigenvalue weighted by molar-refractivity contribution is -0.138. The third-order valence-electron chi connectivity index (χ3n) is 3.24. The SMILES string of the molecule is O=c1c2sccc2[nH]c(=S)n1Cc1ccccc1C(F)(F)F. The minimum atomic E-state index is -4.47. The molecule has 0 saturated heterocycles. The molecule has 0 unspecified atom stereocenters. The van der Waals surface area contributed by atoms with Crippen molar-refractivity contribution in [2.24, 2.45) is 0 Å². The summed E-state index contributed by atoms with van der Waals surface area (Å²) in [6.07, 6.45) is -4.47. The Morgan fingerprint density at radius 3 is 2.68 bits per heavy atom. The Kier molecular flexibility index (Phi) is 3.65. The summed E-state index contributed by atoms with van der Waals surface area (Å²) in [5.74, 6) is 0. The van der Waals surface area contributed by atoms with Crippen LogP contribution in [0.2, 0.25) is 0 Å². The maximum atomic E-state index is 13.0. The van der Waals surface area contributed by atoms with E-state index >= 15 is 0 Å². The Bertz CT molecular complexity index is 953. The van der Waals surface area contributed by atoms with E-state index < -0.39 is 11.7 Å². The minimum absolute atomic E-state index is 0.00695. The average molecular weight is 342 g/mol. The highest BCUT2D eigenvalue weighted by atomic mass is 32.1. The van der Waals surface area contributed by atoms with Crippen molar-refractivity contribution in [1.29, 1.82) is 0 Å². The van der Waals surface area contributed by atoms with Gasteiger partial charge in [0, 0.05) is 0 Å². The maximum absolute atomic E-state index is 13.0. The van der Waals surface area contributed by atoms with Crippen molar-refractivity contribution in [2.45, 2.75) is 12.7 Å². The molecule has 3 rings (SSSR count). The van der Waals surface area contributed by atoms with Gasteiger partial charge in [-0.25, -0.2) is 0 Å². The minimum Gasteiger partial charge on any atom is -0.331 e. The smallest absolute Gasteiger partial charge is 0.331 e. The second-order valence-corrected chi connectivity index (χ2v) is 5.94. The summed E-state index contributed by atoms with van der Waals surface area (Å²) in [5, 5.41) is 1.73. The van der Waals surface area contributed by atoms with Crippen LogP contribution in [0, 0.1) is 4.77 Å². The number of hydrogen-bond acceptors (Lipinski definition) is 3. The van der Waals surface area contributed by atoms with E-state index in [1.807, 2.05) is 0 Å². The van der Waals surface area contributed by atoms with E-state index in [1.165, 1.54) is 29.5 Å². The Morgan fingerprint density at radius 2 is 1.95 bits per heavy atom. The Balaban J connectivity index is 2.16. The fourth-order valence-corrected chi connectivity index (χ4v) is 3.27. The summed E-state index contributed by atoms with van der Waals surface area (Å²) in [4.78, 5) is 15.2. The van der Waals surface area contributed by atoms with Crippen LogP contribution in [-0.4, -0.2) is 9.55 Å². The van der Waals surface area contributed by atoms with Crippen molar-refractivity contribution in [2.75, 3.05) is 0 Å². The Labute approximate surface area is 131 Å². The van der Waals surface area contributed by atoms with E-state index in [0.717, 1.165) is 10.6 Å². The molecule has 0 atom stereocenters. The summed E-state index contributed by atoms with van der Waals surface area (Å²) in [6.45, 7) is -0.225. The molecule has 22 heavy (non-hydrogen) atoms. The molecule has 2 aromatic heterocycles. The number of nitrogens with one attached hydrogen (secondary N) is 1. The van der Waals surface area contributed by atoms with Gasteiger partial charge < -0.3 is 4.98 Å². The third-order valence-corrected chi connectivity index (χ3v) is 4.47. The van der Waals surface area contributed by atoms with Gasteiger partial charge in [0.1, 0.15) is 4.70 Å². The van der Waals surface area contributed by atoms with Crippen molar-refractivity contribution in [1.82, 2.24) is 9.55 Å². The average Bonchev–Trinajstić information content (AvgIpc) is 2.91.